The van der Waals surface area contributed by atoms with Crippen molar-refractivity contribution in [3.63, 3.8) is 0 Å². The number of alkyl halides is 3. The first-order chi connectivity index (χ1) is 9.81. The van der Waals surface area contributed by atoms with Crippen LogP contribution in [0.25, 0.3) is 0 Å². The lowest BCUT2D eigenvalue weighted by Gasteiger charge is -2.03. The Bertz CT molecular complexity index is 644. The quantitative estimate of drug-likeness (QED) is 0.932. The topological polar surface area (TPSA) is 64.7 Å². The number of hydrogen-bond acceptors (Lipinski definition) is 3. The van der Waals surface area contributed by atoms with E-state index in [-0.39, 0.29) is 12.2 Å². The van der Waals surface area contributed by atoms with E-state index in [1.165, 1.54) is 7.05 Å². The van der Waals surface area contributed by atoms with Crippen molar-refractivity contribution in [3.05, 3.63) is 35.4 Å². The number of hydrogen-bond donors (Lipinski definition) is 1. The summed E-state index contributed by atoms with van der Waals surface area (Å²) < 4.78 is 40.1. The Balaban J connectivity index is 2.05. The zero-order valence-electron chi connectivity index (χ0n) is 11.5. The van der Waals surface area contributed by atoms with Gasteiger partial charge in [0.2, 0.25) is 0 Å². The van der Waals surface area contributed by atoms with Crippen LogP contribution in [0.2, 0.25) is 0 Å². The van der Waals surface area contributed by atoms with E-state index in [1.807, 2.05) is 6.92 Å². The highest BCUT2D eigenvalue weighted by molar-refractivity contribution is 5.92. The summed E-state index contributed by atoms with van der Waals surface area (Å²) in [5.74, 6) is -0.633. The number of aromatic nitrogens is 4. The third-order valence-electron chi connectivity index (χ3n) is 2.85. The predicted molar refractivity (Wildman–Crippen MR) is 67.3 cm³/mol. The average molecular weight is 301 g/mol. The van der Waals surface area contributed by atoms with Crippen molar-refractivity contribution in [1.29, 1.82) is 0 Å². The molecule has 0 atom stereocenters. The molecule has 0 saturated heterocycles. The van der Waals surface area contributed by atoms with Crippen molar-refractivity contribution in [2.45, 2.75) is 26.2 Å². The Morgan fingerprint density at radius 2 is 2.10 bits per heavy atom. The summed E-state index contributed by atoms with van der Waals surface area (Å²) in [6.07, 6.45) is -2.82. The summed E-state index contributed by atoms with van der Waals surface area (Å²) in [6.45, 7) is 2.76. The lowest BCUT2D eigenvalue weighted by Crippen LogP contribution is -2.25. The number of carbonyl (C=O) groups is 1. The van der Waals surface area contributed by atoms with Crippen LogP contribution in [0.15, 0.2) is 18.3 Å². The molecule has 1 N–H and O–H groups in total. The molecule has 2 heterocycles. The van der Waals surface area contributed by atoms with E-state index >= 15 is 0 Å². The fourth-order valence-electron chi connectivity index (χ4n) is 1.75. The second-order valence-electron chi connectivity index (χ2n) is 4.38. The average Bonchev–Trinajstić information content (AvgIpc) is 3.01. The van der Waals surface area contributed by atoms with Crippen molar-refractivity contribution in [1.82, 2.24) is 24.9 Å². The first-order valence-electron chi connectivity index (χ1n) is 6.23. The van der Waals surface area contributed by atoms with Crippen LogP contribution in [0, 0.1) is 0 Å². The normalized spacial score (nSPS) is 11.7. The number of carbonyl (C=O) groups excluding carboxylic acids is 1. The monoisotopic (exact) mass is 301 g/mol. The van der Waals surface area contributed by atoms with Crippen LogP contribution < -0.4 is 5.32 Å². The summed E-state index contributed by atoms with van der Waals surface area (Å²) in [4.78, 5) is 11.9. The van der Waals surface area contributed by atoms with Gasteiger partial charge in [-0.05, 0) is 13.0 Å². The molecule has 0 aromatic carbocycles. The first kappa shape index (κ1) is 15.1. The number of amides is 1. The van der Waals surface area contributed by atoms with Crippen LogP contribution >= 0.6 is 0 Å². The Kier molecular flexibility index (Phi) is 4.01. The lowest BCUT2D eigenvalue weighted by molar-refractivity contribution is -0.141. The standard InChI is InChI=1S/C12H14F3N5O/c1-3-20-5-4-8(17-20)7-16-11(21)9-6-10(12(13,14)15)18-19(9)2/h4-6H,3,7H2,1-2H3,(H,16,21). The SMILES string of the molecule is CCn1ccc(CNC(=O)c2cc(C(F)(F)F)nn2C)n1. The van der Waals surface area contributed by atoms with E-state index < -0.39 is 17.8 Å². The van der Waals surface area contributed by atoms with E-state index in [1.54, 1.807) is 16.9 Å². The predicted octanol–water partition coefficient (Wildman–Crippen LogP) is 1.59. The van der Waals surface area contributed by atoms with Gasteiger partial charge in [-0.2, -0.15) is 23.4 Å². The van der Waals surface area contributed by atoms with E-state index in [0.29, 0.717) is 12.2 Å². The fourth-order valence-corrected chi connectivity index (χ4v) is 1.75. The second-order valence-corrected chi connectivity index (χ2v) is 4.38. The van der Waals surface area contributed by atoms with Crippen LogP contribution in [-0.4, -0.2) is 25.5 Å². The van der Waals surface area contributed by atoms with Gasteiger partial charge in [-0.15, -0.1) is 0 Å². The maximum Gasteiger partial charge on any atom is 0.435 e. The van der Waals surface area contributed by atoms with Crippen LogP contribution in [0.1, 0.15) is 28.8 Å². The van der Waals surface area contributed by atoms with Crippen molar-refractivity contribution in [2.75, 3.05) is 0 Å². The van der Waals surface area contributed by atoms with Gasteiger partial charge in [-0.25, -0.2) is 0 Å². The Labute approximate surface area is 118 Å². The summed E-state index contributed by atoms with van der Waals surface area (Å²) in [5.41, 5.74) is -0.619. The van der Waals surface area contributed by atoms with Gasteiger partial charge >= 0.3 is 6.18 Å². The molecule has 6 nitrogen and oxygen atoms in total. The fraction of sp³-hybridized carbons (Fsp3) is 0.417. The van der Waals surface area contributed by atoms with Gasteiger partial charge in [-0.1, -0.05) is 0 Å². The van der Waals surface area contributed by atoms with Gasteiger partial charge in [0.1, 0.15) is 5.69 Å². The molecule has 2 aromatic heterocycles. The summed E-state index contributed by atoms with van der Waals surface area (Å²) in [7, 11) is 1.29. The van der Waals surface area contributed by atoms with Crippen LogP contribution in [0.5, 0.6) is 0 Å². The molecule has 0 bridgehead atoms. The van der Waals surface area contributed by atoms with Gasteiger partial charge in [0, 0.05) is 25.9 Å². The number of halogens is 3. The first-order valence-corrected chi connectivity index (χ1v) is 6.23. The Morgan fingerprint density at radius 3 is 2.62 bits per heavy atom. The summed E-state index contributed by atoms with van der Waals surface area (Å²) in [6, 6.07) is 2.45. The maximum absolute atomic E-state index is 12.5. The molecule has 0 saturated carbocycles. The second kappa shape index (κ2) is 5.58. The van der Waals surface area contributed by atoms with E-state index in [0.717, 1.165) is 10.7 Å². The highest BCUT2D eigenvalue weighted by Gasteiger charge is 2.35. The molecule has 9 heteroatoms. The highest BCUT2D eigenvalue weighted by Crippen LogP contribution is 2.28. The van der Waals surface area contributed by atoms with Gasteiger partial charge < -0.3 is 5.32 Å². The third-order valence-corrected chi connectivity index (χ3v) is 2.85. The molecule has 0 spiro atoms. The molecule has 1 amide bonds. The van der Waals surface area contributed by atoms with E-state index in [9.17, 15) is 18.0 Å². The van der Waals surface area contributed by atoms with E-state index in [4.69, 9.17) is 0 Å². The molecule has 0 unspecified atom stereocenters. The van der Waals surface area contributed by atoms with Crippen LogP contribution in [-0.2, 0) is 26.3 Å². The third kappa shape index (κ3) is 3.41. The molecule has 0 fully saturated rings. The largest absolute Gasteiger partial charge is 0.435 e. The zero-order chi connectivity index (χ0) is 15.6. The highest BCUT2D eigenvalue weighted by atomic mass is 19.4. The van der Waals surface area contributed by atoms with Crippen molar-refractivity contribution >= 4 is 5.91 Å². The molecular formula is C12H14F3N5O. The molecule has 0 aliphatic heterocycles. The van der Waals surface area contributed by atoms with Gasteiger partial charge in [0.05, 0.1) is 12.2 Å². The molecule has 0 aliphatic rings. The van der Waals surface area contributed by atoms with E-state index in [2.05, 4.69) is 15.5 Å². The molecule has 21 heavy (non-hydrogen) atoms. The van der Waals surface area contributed by atoms with Gasteiger partial charge in [0.25, 0.3) is 5.91 Å². The lowest BCUT2D eigenvalue weighted by atomic mass is 10.3. The number of nitrogens with zero attached hydrogens (tertiary/aromatic N) is 4. The maximum atomic E-state index is 12.5. The smallest absolute Gasteiger partial charge is 0.345 e. The van der Waals surface area contributed by atoms with Gasteiger partial charge in [0.15, 0.2) is 5.69 Å². The number of aryl methyl sites for hydroxylation is 2. The summed E-state index contributed by atoms with van der Waals surface area (Å²) >= 11 is 0. The summed E-state index contributed by atoms with van der Waals surface area (Å²) in [5, 5.41) is 9.96. The molecule has 0 radical (unpaired) electrons. The Hall–Kier alpha value is -2.32. The molecule has 2 rings (SSSR count). The number of nitrogens with one attached hydrogen (secondary N) is 1. The molecule has 0 aliphatic carbocycles. The van der Waals surface area contributed by atoms with Crippen molar-refractivity contribution < 1.29 is 18.0 Å². The van der Waals surface area contributed by atoms with Gasteiger partial charge in [-0.3, -0.25) is 14.2 Å². The minimum Gasteiger partial charge on any atom is -0.345 e. The number of rotatable bonds is 4. The minimum atomic E-state index is -4.57. The molecular weight excluding hydrogens is 287 g/mol. The zero-order valence-corrected chi connectivity index (χ0v) is 11.5. The van der Waals surface area contributed by atoms with Crippen LogP contribution in [0.3, 0.4) is 0 Å². The minimum absolute atomic E-state index is 0.137. The molecule has 2 aromatic rings. The molecule has 114 valence electrons. The Morgan fingerprint density at radius 1 is 1.38 bits per heavy atom. The van der Waals surface area contributed by atoms with Crippen molar-refractivity contribution in [3.8, 4) is 0 Å². The van der Waals surface area contributed by atoms with Crippen molar-refractivity contribution in [2.24, 2.45) is 7.05 Å². The van der Waals surface area contributed by atoms with Crippen LogP contribution in [0.4, 0.5) is 13.2 Å².